The normalized spacial score (nSPS) is 12.5. The van der Waals surface area contributed by atoms with Crippen LogP contribution < -0.4 is 10.1 Å². The molecule has 112 valence electrons. The summed E-state index contributed by atoms with van der Waals surface area (Å²) in [6.45, 7) is 5.69. The molecule has 0 aliphatic rings. The maximum absolute atomic E-state index is 14.3. The van der Waals surface area contributed by atoms with E-state index < -0.39 is 0 Å². The van der Waals surface area contributed by atoms with Gasteiger partial charge in [0.15, 0.2) is 0 Å². The molecule has 4 heteroatoms. The summed E-state index contributed by atoms with van der Waals surface area (Å²) in [7, 11) is 1.81. The Morgan fingerprint density at radius 3 is 2.67 bits per heavy atom. The average molecular weight is 288 g/mol. The molecule has 0 spiro atoms. The van der Waals surface area contributed by atoms with Crippen molar-refractivity contribution < 1.29 is 9.13 Å². The van der Waals surface area contributed by atoms with Gasteiger partial charge in [-0.3, -0.25) is 4.98 Å². The van der Waals surface area contributed by atoms with Crippen molar-refractivity contribution in [3.8, 4) is 5.75 Å². The number of nitrogens with zero attached hydrogens (tertiary/aromatic N) is 1. The van der Waals surface area contributed by atoms with Crippen LogP contribution in [0.25, 0.3) is 0 Å². The Labute approximate surface area is 125 Å². The van der Waals surface area contributed by atoms with Gasteiger partial charge in [-0.2, -0.15) is 0 Å². The lowest BCUT2D eigenvalue weighted by Gasteiger charge is -2.19. The number of aromatic nitrogens is 1. The molecule has 1 atom stereocenters. The van der Waals surface area contributed by atoms with Crippen molar-refractivity contribution in [1.82, 2.24) is 10.3 Å². The molecule has 0 saturated carbocycles. The van der Waals surface area contributed by atoms with E-state index in [1.807, 2.05) is 33.0 Å². The highest BCUT2D eigenvalue weighted by molar-refractivity contribution is 5.36. The zero-order valence-electron chi connectivity index (χ0n) is 12.9. The van der Waals surface area contributed by atoms with E-state index in [0.29, 0.717) is 16.9 Å². The van der Waals surface area contributed by atoms with Crippen molar-refractivity contribution in [2.45, 2.75) is 32.9 Å². The van der Waals surface area contributed by atoms with Gasteiger partial charge >= 0.3 is 0 Å². The van der Waals surface area contributed by atoms with Crippen LogP contribution in [0.15, 0.2) is 36.7 Å². The monoisotopic (exact) mass is 288 g/mol. The molecule has 1 aromatic carbocycles. The minimum absolute atomic E-state index is 0.0748. The first kappa shape index (κ1) is 15.4. The predicted octanol–water partition coefficient (Wildman–Crippen LogP) is 3.63. The summed E-state index contributed by atoms with van der Waals surface area (Å²) in [5.74, 6) is 0.503. The molecule has 1 aromatic heterocycles. The SMILES string of the molecule is CNC(c1cncc(OC(C)C)c1)c1cccc(C)c1F. The van der Waals surface area contributed by atoms with Crippen molar-refractivity contribution in [2.75, 3.05) is 7.05 Å². The van der Waals surface area contributed by atoms with E-state index in [1.165, 1.54) is 0 Å². The smallest absolute Gasteiger partial charge is 0.138 e. The summed E-state index contributed by atoms with van der Waals surface area (Å²) < 4.78 is 20.0. The lowest BCUT2D eigenvalue weighted by atomic mass is 9.98. The van der Waals surface area contributed by atoms with E-state index in [-0.39, 0.29) is 18.0 Å². The van der Waals surface area contributed by atoms with Crippen molar-refractivity contribution >= 4 is 0 Å². The van der Waals surface area contributed by atoms with Crippen molar-refractivity contribution in [2.24, 2.45) is 0 Å². The van der Waals surface area contributed by atoms with Crippen molar-refractivity contribution in [3.05, 3.63) is 59.2 Å². The molecule has 3 nitrogen and oxygen atoms in total. The molecule has 1 unspecified atom stereocenters. The Kier molecular flexibility index (Phi) is 4.91. The van der Waals surface area contributed by atoms with Crippen LogP contribution in [0.3, 0.4) is 0 Å². The third-order valence-corrected chi connectivity index (χ3v) is 3.26. The van der Waals surface area contributed by atoms with Gasteiger partial charge in [-0.1, -0.05) is 18.2 Å². The predicted molar refractivity (Wildman–Crippen MR) is 82.0 cm³/mol. The summed E-state index contributed by atoms with van der Waals surface area (Å²) >= 11 is 0. The highest BCUT2D eigenvalue weighted by atomic mass is 19.1. The van der Waals surface area contributed by atoms with E-state index >= 15 is 0 Å². The summed E-state index contributed by atoms with van der Waals surface area (Å²) in [6, 6.07) is 7.06. The molecule has 0 saturated heterocycles. The second-order valence-corrected chi connectivity index (χ2v) is 5.32. The molecule has 1 N–H and O–H groups in total. The Morgan fingerprint density at radius 1 is 1.24 bits per heavy atom. The Bertz CT molecular complexity index is 613. The topological polar surface area (TPSA) is 34.2 Å². The molecule has 0 aliphatic heterocycles. The van der Waals surface area contributed by atoms with Crippen LogP contribution in [-0.4, -0.2) is 18.1 Å². The van der Waals surface area contributed by atoms with E-state index in [2.05, 4.69) is 10.3 Å². The van der Waals surface area contributed by atoms with Crippen molar-refractivity contribution in [3.63, 3.8) is 0 Å². The molecule has 2 aromatic rings. The molecule has 0 amide bonds. The van der Waals surface area contributed by atoms with E-state index in [0.717, 1.165) is 5.56 Å². The summed E-state index contributed by atoms with van der Waals surface area (Å²) in [5, 5.41) is 3.15. The standard InChI is InChI=1S/C17H21FN2O/c1-11(2)21-14-8-13(9-20-10-14)17(19-4)15-7-5-6-12(3)16(15)18/h5-11,17,19H,1-4H3. The summed E-state index contributed by atoms with van der Waals surface area (Å²) in [5.41, 5.74) is 2.12. The van der Waals surface area contributed by atoms with Gasteiger partial charge in [-0.15, -0.1) is 0 Å². The molecular weight excluding hydrogens is 267 g/mol. The van der Waals surface area contributed by atoms with Crippen LogP contribution in [0.1, 0.15) is 36.6 Å². The third kappa shape index (κ3) is 3.58. The number of nitrogens with one attached hydrogen (secondary N) is 1. The number of hydrogen-bond acceptors (Lipinski definition) is 3. The van der Waals surface area contributed by atoms with E-state index in [9.17, 15) is 4.39 Å². The van der Waals surface area contributed by atoms with Gasteiger partial charge in [-0.25, -0.2) is 4.39 Å². The number of halogens is 1. The Balaban J connectivity index is 2.39. The highest BCUT2D eigenvalue weighted by Crippen LogP contribution is 2.27. The number of aryl methyl sites for hydroxylation is 1. The molecular formula is C17H21FN2O. The lowest BCUT2D eigenvalue weighted by Crippen LogP contribution is -2.19. The van der Waals surface area contributed by atoms with Crippen molar-refractivity contribution in [1.29, 1.82) is 0 Å². The van der Waals surface area contributed by atoms with Gasteiger partial charge in [-0.05, 0) is 45.0 Å². The zero-order valence-corrected chi connectivity index (χ0v) is 12.9. The number of benzene rings is 1. The zero-order chi connectivity index (χ0) is 15.4. The maximum atomic E-state index is 14.3. The number of hydrogen-bond donors (Lipinski definition) is 1. The second kappa shape index (κ2) is 6.68. The van der Waals surface area contributed by atoms with E-state index in [4.69, 9.17) is 4.74 Å². The number of rotatable bonds is 5. The molecule has 0 fully saturated rings. The van der Waals surface area contributed by atoms with Gasteiger partial charge in [0.2, 0.25) is 0 Å². The van der Waals surface area contributed by atoms with Crippen LogP contribution in [-0.2, 0) is 0 Å². The van der Waals surface area contributed by atoms with Crippen LogP contribution in [0.5, 0.6) is 5.75 Å². The highest BCUT2D eigenvalue weighted by Gasteiger charge is 2.18. The van der Waals surface area contributed by atoms with Crippen LogP contribution >= 0.6 is 0 Å². The fraction of sp³-hybridized carbons (Fsp3) is 0.353. The first-order valence-corrected chi connectivity index (χ1v) is 7.06. The largest absolute Gasteiger partial charge is 0.489 e. The van der Waals surface area contributed by atoms with E-state index in [1.54, 1.807) is 31.5 Å². The third-order valence-electron chi connectivity index (χ3n) is 3.26. The van der Waals surface area contributed by atoms with Gasteiger partial charge in [0.1, 0.15) is 11.6 Å². The first-order chi connectivity index (χ1) is 10.0. The Morgan fingerprint density at radius 2 is 2.00 bits per heavy atom. The first-order valence-electron chi connectivity index (χ1n) is 7.06. The van der Waals surface area contributed by atoms with Crippen LogP contribution in [0.4, 0.5) is 4.39 Å². The molecule has 0 bridgehead atoms. The minimum atomic E-state index is -0.256. The molecule has 0 radical (unpaired) electrons. The molecule has 21 heavy (non-hydrogen) atoms. The summed E-state index contributed by atoms with van der Waals surface area (Å²) in [6.07, 6.45) is 3.48. The van der Waals surface area contributed by atoms with Gasteiger partial charge in [0, 0.05) is 11.8 Å². The molecule has 1 heterocycles. The summed E-state index contributed by atoms with van der Waals surface area (Å²) in [4.78, 5) is 4.20. The van der Waals surface area contributed by atoms with Crippen LogP contribution in [0, 0.1) is 12.7 Å². The number of ether oxygens (including phenoxy) is 1. The Hall–Kier alpha value is -1.94. The van der Waals surface area contributed by atoms with Gasteiger partial charge in [0.25, 0.3) is 0 Å². The molecule has 2 rings (SSSR count). The quantitative estimate of drug-likeness (QED) is 0.912. The fourth-order valence-electron chi connectivity index (χ4n) is 2.32. The fourth-order valence-corrected chi connectivity index (χ4v) is 2.32. The van der Waals surface area contributed by atoms with Gasteiger partial charge < -0.3 is 10.1 Å². The lowest BCUT2D eigenvalue weighted by molar-refractivity contribution is 0.241. The maximum Gasteiger partial charge on any atom is 0.138 e. The minimum Gasteiger partial charge on any atom is -0.489 e. The van der Waals surface area contributed by atoms with Crippen LogP contribution in [0.2, 0.25) is 0 Å². The number of pyridine rings is 1. The average Bonchev–Trinajstić information content (AvgIpc) is 2.44. The second-order valence-electron chi connectivity index (χ2n) is 5.32. The van der Waals surface area contributed by atoms with Gasteiger partial charge in [0.05, 0.1) is 18.3 Å². The molecule has 0 aliphatic carbocycles.